The number of hydrogen-bond donors (Lipinski definition) is 1. The first-order valence-corrected chi connectivity index (χ1v) is 14.0. The van der Waals surface area contributed by atoms with Gasteiger partial charge in [0.2, 0.25) is 5.91 Å². The van der Waals surface area contributed by atoms with Crippen molar-refractivity contribution in [2.45, 2.75) is 6.92 Å². The summed E-state index contributed by atoms with van der Waals surface area (Å²) in [4.78, 5) is 36.8. The van der Waals surface area contributed by atoms with Crippen LogP contribution in [-0.2, 0) is 9.59 Å². The number of fused-ring (bicyclic) bond motifs is 1. The molecule has 0 radical (unpaired) electrons. The number of furan rings is 1. The van der Waals surface area contributed by atoms with Crippen LogP contribution in [0.3, 0.4) is 0 Å². The Morgan fingerprint density at radius 1 is 1.05 bits per heavy atom. The van der Waals surface area contributed by atoms with E-state index in [0.717, 1.165) is 20.8 Å². The standard InChI is InChI=1S/C30H22N4O3S2/c1-19-9-14-24-26(16-19)39-28(32-24)20-10-12-21(13-11-20)31-27(35)18-38-30-33-25(17-23-8-5-15-37-23)29(36)34(30)22-6-3-2-4-7-22/h2-17H,18H2,1H3,(H,31,35). The molecule has 0 unspecified atom stereocenters. The highest BCUT2D eigenvalue weighted by molar-refractivity contribution is 8.14. The molecule has 0 bridgehead atoms. The van der Waals surface area contributed by atoms with E-state index >= 15 is 0 Å². The van der Waals surface area contributed by atoms with Crippen LogP contribution in [0.5, 0.6) is 0 Å². The lowest BCUT2D eigenvalue weighted by molar-refractivity contribution is -0.114. The molecule has 9 heteroatoms. The van der Waals surface area contributed by atoms with Crippen molar-refractivity contribution in [2.75, 3.05) is 16.0 Å². The van der Waals surface area contributed by atoms with Gasteiger partial charge in [-0.3, -0.25) is 14.5 Å². The van der Waals surface area contributed by atoms with Gasteiger partial charge in [0, 0.05) is 17.3 Å². The molecule has 1 aliphatic rings. The number of benzene rings is 3. The van der Waals surface area contributed by atoms with Crippen LogP contribution in [0.1, 0.15) is 11.3 Å². The lowest BCUT2D eigenvalue weighted by Crippen LogP contribution is -2.31. The molecule has 192 valence electrons. The van der Waals surface area contributed by atoms with Crippen molar-refractivity contribution in [1.29, 1.82) is 0 Å². The summed E-state index contributed by atoms with van der Waals surface area (Å²) >= 11 is 2.85. The van der Waals surface area contributed by atoms with Crippen molar-refractivity contribution < 1.29 is 14.0 Å². The van der Waals surface area contributed by atoms with Gasteiger partial charge in [-0.2, -0.15) is 0 Å². The van der Waals surface area contributed by atoms with E-state index in [1.165, 1.54) is 28.5 Å². The molecular formula is C30H22N4O3S2. The second-order valence-electron chi connectivity index (χ2n) is 8.82. The highest BCUT2D eigenvalue weighted by Gasteiger charge is 2.32. The lowest BCUT2D eigenvalue weighted by atomic mass is 10.2. The minimum absolute atomic E-state index is 0.0858. The molecular weight excluding hydrogens is 528 g/mol. The molecule has 0 atom stereocenters. The molecule has 0 spiro atoms. The van der Waals surface area contributed by atoms with E-state index in [4.69, 9.17) is 9.40 Å². The summed E-state index contributed by atoms with van der Waals surface area (Å²) in [6.45, 7) is 2.07. The molecule has 39 heavy (non-hydrogen) atoms. The molecule has 3 heterocycles. The van der Waals surface area contributed by atoms with Gasteiger partial charge in [-0.25, -0.2) is 9.98 Å². The Morgan fingerprint density at radius 3 is 2.64 bits per heavy atom. The van der Waals surface area contributed by atoms with E-state index in [2.05, 4.69) is 29.4 Å². The number of thioether (sulfide) groups is 1. The van der Waals surface area contributed by atoms with Crippen LogP contribution in [0.2, 0.25) is 0 Å². The summed E-state index contributed by atoms with van der Waals surface area (Å²) < 4.78 is 6.50. The molecule has 6 rings (SSSR count). The summed E-state index contributed by atoms with van der Waals surface area (Å²) in [6.07, 6.45) is 3.14. The number of aromatic nitrogens is 1. The fourth-order valence-corrected chi connectivity index (χ4v) is 5.97. The minimum Gasteiger partial charge on any atom is -0.465 e. The minimum atomic E-state index is -0.277. The second kappa shape index (κ2) is 10.7. The van der Waals surface area contributed by atoms with E-state index in [9.17, 15) is 9.59 Å². The number of anilines is 2. The largest absolute Gasteiger partial charge is 0.465 e. The molecule has 1 aliphatic heterocycles. The van der Waals surface area contributed by atoms with Crippen molar-refractivity contribution in [3.05, 3.63) is 108 Å². The fourth-order valence-electron chi connectivity index (χ4n) is 4.08. The third kappa shape index (κ3) is 5.41. The molecule has 0 saturated heterocycles. The molecule has 3 aromatic carbocycles. The number of thiazole rings is 1. The number of carbonyl (C=O) groups is 2. The number of rotatable bonds is 6. The number of amides is 2. The zero-order valence-corrected chi connectivity index (χ0v) is 22.5. The fraction of sp³-hybridized carbons (Fsp3) is 0.0667. The first-order valence-electron chi connectivity index (χ1n) is 12.2. The van der Waals surface area contributed by atoms with Gasteiger partial charge in [-0.05, 0) is 73.2 Å². The van der Waals surface area contributed by atoms with Crippen LogP contribution in [0.25, 0.3) is 26.9 Å². The number of amidine groups is 1. The van der Waals surface area contributed by atoms with Gasteiger partial charge in [0.15, 0.2) is 5.17 Å². The Hall–Kier alpha value is -4.47. The summed E-state index contributed by atoms with van der Waals surface area (Å²) in [5.41, 5.74) is 4.79. The average Bonchev–Trinajstić information content (AvgIpc) is 3.68. The summed E-state index contributed by atoms with van der Waals surface area (Å²) in [5.74, 6) is 0.141. The molecule has 0 fully saturated rings. The summed E-state index contributed by atoms with van der Waals surface area (Å²) in [5, 5.41) is 4.30. The lowest BCUT2D eigenvalue weighted by Gasteiger charge is -2.17. The van der Waals surface area contributed by atoms with E-state index < -0.39 is 0 Å². The number of nitrogens with one attached hydrogen (secondary N) is 1. The maximum absolute atomic E-state index is 13.2. The average molecular weight is 551 g/mol. The molecule has 1 N–H and O–H groups in total. The zero-order valence-electron chi connectivity index (χ0n) is 20.8. The first-order chi connectivity index (χ1) is 19.0. The van der Waals surface area contributed by atoms with Gasteiger partial charge in [0.05, 0.1) is 27.9 Å². The van der Waals surface area contributed by atoms with Crippen LogP contribution >= 0.6 is 23.1 Å². The molecule has 0 aliphatic carbocycles. The highest BCUT2D eigenvalue weighted by atomic mass is 32.2. The molecule has 2 amide bonds. The maximum Gasteiger partial charge on any atom is 0.283 e. The van der Waals surface area contributed by atoms with E-state index in [-0.39, 0.29) is 23.3 Å². The molecule has 0 saturated carbocycles. The summed E-state index contributed by atoms with van der Waals surface area (Å²) in [7, 11) is 0. The van der Waals surface area contributed by atoms with Crippen molar-refractivity contribution in [2.24, 2.45) is 4.99 Å². The zero-order chi connectivity index (χ0) is 26.8. The van der Waals surface area contributed by atoms with Crippen LogP contribution in [-0.4, -0.2) is 27.7 Å². The SMILES string of the molecule is Cc1ccc2nc(-c3ccc(NC(=O)CSC4=NC(=Cc5ccco5)C(=O)N4c4ccccc4)cc3)sc2c1. The number of aryl methyl sites for hydroxylation is 1. The van der Waals surface area contributed by atoms with Crippen molar-refractivity contribution >= 4 is 67.7 Å². The van der Waals surface area contributed by atoms with Crippen molar-refractivity contribution in [3.8, 4) is 10.6 Å². The van der Waals surface area contributed by atoms with Crippen LogP contribution < -0.4 is 10.2 Å². The predicted molar refractivity (Wildman–Crippen MR) is 159 cm³/mol. The van der Waals surface area contributed by atoms with Gasteiger partial charge in [-0.15, -0.1) is 11.3 Å². The Bertz CT molecular complexity index is 1720. The van der Waals surface area contributed by atoms with Gasteiger partial charge in [-0.1, -0.05) is 36.0 Å². The first kappa shape index (κ1) is 24.8. The predicted octanol–water partition coefficient (Wildman–Crippen LogP) is 6.98. The van der Waals surface area contributed by atoms with E-state index in [1.807, 2.05) is 60.7 Å². The molecule has 2 aromatic heterocycles. The third-order valence-corrected chi connectivity index (χ3v) is 7.96. The quantitative estimate of drug-likeness (QED) is 0.231. The van der Waals surface area contributed by atoms with Crippen molar-refractivity contribution in [1.82, 2.24) is 4.98 Å². The third-order valence-electron chi connectivity index (χ3n) is 5.96. The molecule has 5 aromatic rings. The van der Waals surface area contributed by atoms with Gasteiger partial charge < -0.3 is 9.73 Å². The number of carbonyl (C=O) groups excluding carboxylic acids is 2. The van der Waals surface area contributed by atoms with Crippen LogP contribution in [0.15, 0.2) is 106 Å². The Kier molecular flexibility index (Phi) is 6.83. The van der Waals surface area contributed by atoms with Gasteiger partial charge in [0.1, 0.15) is 16.5 Å². The molecule has 7 nitrogen and oxygen atoms in total. The van der Waals surface area contributed by atoms with Gasteiger partial charge in [0.25, 0.3) is 5.91 Å². The monoisotopic (exact) mass is 550 g/mol. The topological polar surface area (TPSA) is 87.8 Å². The number of hydrogen-bond acceptors (Lipinski definition) is 7. The van der Waals surface area contributed by atoms with Crippen LogP contribution in [0, 0.1) is 6.92 Å². The number of para-hydroxylation sites is 1. The van der Waals surface area contributed by atoms with E-state index in [0.29, 0.717) is 22.3 Å². The Balaban J connectivity index is 1.14. The number of nitrogens with zero attached hydrogens (tertiary/aromatic N) is 3. The highest BCUT2D eigenvalue weighted by Crippen LogP contribution is 2.32. The second-order valence-corrected chi connectivity index (χ2v) is 10.8. The Labute approximate surface area is 232 Å². The van der Waals surface area contributed by atoms with E-state index in [1.54, 1.807) is 29.5 Å². The maximum atomic E-state index is 13.2. The van der Waals surface area contributed by atoms with Crippen molar-refractivity contribution in [3.63, 3.8) is 0 Å². The van der Waals surface area contributed by atoms with Crippen LogP contribution in [0.4, 0.5) is 11.4 Å². The van der Waals surface area contributed by atoms with Gasteiger partial charge >= 0.3 is 0 Å². The Morgan fingerprint density at radius 2 is 1.87 bits per heavy atom. The smallest absolute Gasteiger partial charge is 0.283 e. The summed E-state index contributed by atoms with van der Waals surface area (Å²) in [6, 6.07) is 26.6. The number of aliphatic imine (C=N–C) groups is 1. The normalized spacial score (nSPS) is 14.3.